The number of ether oxygens (including phenoxy) is 2. The molecule has 1 heterocycles. The van der Waals surface area contributed by atoms with Crippen LogP contribution < -0.4 is 0 Å². The Morgan fingerprint density at radius 3 is 2.47 bits per heavy atom. The average molecular weight is 271 g/mol. The van der Waals surface area contributed by atoms with Crippen molar-refractivity contribution in [3.05, 3.63) is 33.8 Å². The van der Waals surface area contributed by atoms with Gasteiger partial charge >= 0.3 is 0 Å². The van der Waals surface area contributed by atoms with Crippen LogP contribution >= 0.6 is 15.9 Å². The smallest absolute Gasteiger partial charge is 0.184 e. The molecule has 1 aromatic carbocycles. The third-order valence-corrected chi connectivity index (χ3v) is 2.96. The summed E-state index contributed by atoms with van der Waals surface area (Å²) in [6, 6.07) is 6.36. The maximum Gasteiger partial charge on any atom is 0.184 e. The molecule has 0 bridgehead atoms. The lowest BCUT2D eigenvalue weighted by atomic mass is 10.0. The van der Waals surface area contributed by atoms with Gasteiger partial charge in [-0.1, -0.05) is 35.8 Å². The summed E-state index contributed by atoms with van der Waals surface area (Å²) in [6.45, 7) is 5.74. The Balaban J connectivity index is 2.30. The first kappa shape index (κ1) is 11.1. The highest BCUT2D eigenvalue weighted by atomic mass is 79.9. The van der Waals surface area contributed by atoms with Gasteiger partial charge < -0.3 is 9.47 Å². The van der Waals surface area contributed by atoms with Crippen molar-refractivity contribution in [3.63, 3.8) is 0 Å². The molecule has 0 amide bonds. The van der Waals surface area contributed by atoms with Crippen molar-refractivity contribution in [2.45, 2.75) is 26.1 Å². The van der Waals surface area contributed by atoms with Gasteiger partial charge in [-0.2, -0.15) is 0 Å². The molecule has 2 rings (SSSR count). The van der Waals surface area contributed by atoms with Crippen LogP contribution in [0, 0.1) is 0 Å². The van der Waals surface area contributed by atoms with E-state index in [9.17, 15) is 0 Å². The minimum absolute atomic E-state index is 0.181. The summed E-state index contributed by atoms with van der Waals surface area (Å²) in [4.78, 5) is 0. The van der Waals surface area contributed by atoms with E-state index in [0.717, 1.165) is 10.0 Å². The van der Waals surface area contributed by atoms with Crippen LogP contribution in [-0.2, 0) is 9.47 Å². The van der Waals surface area contributed by atoms with E-state index in [0.29, 0.717) is 19.1 Å². The first-order valence-corrected chi connectivity index (χ1v) is 5.99. The zero-order valence-corrected chi connectivity index (χ0v) is 10.6. The molecule has 0 radical (unpaired) electrons. The van der Waals surface area contributed by atoms with Gasteiger partial charge in [-0.3, -0.25) is 0 Å². The van der Waals surface area contributed by atoms with Crippen molar-refractivity contribution in [1.82, 2.24) is 0 Å². The molecule has 0 aromatic heterocycles. The fourth-order valence-electron chi connectivity index (χ4n) is 1.66. The minimum Gasteiger partial charge on any atom is -0.346 e. The molecular weight excluding hydrogens is 256 g/mol. The van der Waals surface area contributed by atoms with Crippen LogP contribution in [0.25, 0.3) is 0 Å². The van der Waals surface area contributed by atoms with Crippen LogP contribution in [-0.4, -0.2) is 13.2 Å². The van der Waals surface area contributed by atoms with Crippen molar-refractivity contribution < 1.29 is 9.47 Å². The van der Waals surface area contributed by atoms with Gasteiger partial charge in [-0.05, 0) is 23.6 Å². The van der Waals surface area contributed by atoms with E-state index in [1.54, 1.807) is 0 Å². The molecule has 0 aliphatic carbocycles. The topological polar surface area (TPSA) is 18.5 Å². The maximum absolute atomic E-state index is 5.49. The van der Waals surface area contributed by atoms with Crippen LogP contribution in [0.2, 0.25) is 0 Å². The van der Waals surface area contributed by atoms with Gasteiger partial charge in [0.05, 0.1) is 13.2 Å². The summed E-state index contributed by atoms with van der Waals surface area (Å²) in [5, 5.41) is 0. The van der Waals surface area contributed by atoms with Gasteiger partial charge in [0.25, 0.3) is 0 Å². The van der Waals surface area contributed by atoms with Crippen molar-refractivity contribution >= 4 is 15.9 Å². The van der Waals surface area contributed by atoms with Crippen LogP contribution in [0.4, 0.5) is 0 Å². The third-order valence-electron chi connectivity index (χ3n) is 2.50. The highest BCUT2D eigenvalue weighted by molar-refractivity contribution is 9.10. The Kier molecular flexibility index (Phi) is 3.44. The molecule has 0 atom stereocenters. The molecule has 1 aliphatic heterocycles. The van der Waals surface area contributed by atoms with Gasteiger partial charge in [0.15, 0.2) is 6.29 Å². The summed E-state index contributed by atoms with van der Waals surface area (Å²) in [7, 11) is 0. The summed E-state index contributed by atoms with van der Waals surface area (Å²) in [5.41, 5.74) is 2.41. The molecular formula is C12H15BrO2. The van der Waals surface area contributed by atoms with Crippen molar-refractivity contribution in [3.8, 4) is 0 Å². The van der Waals surface area contributed by atoms with E-state index < -0.39 is 0 Å². The predicted octanol–water partition coefficient (Wildman–Crippen LogP) is 3.62. The summed E-state index contributed by atoms with van der Waals surface area (Å²) in [5.74, 6) is 0.516. The molecule has 0 saturated carbocycles. The van der Waals surface area contributed by atoms with Crippen molar-refractivity contribution in [1.29, 1.82) is 0 Å². The van der Waals surface area contributed by atoms with Gasteiger partial charge in [0.1, 0.15) is 0 Å². The fraction of sp³-hybridized carbons (Fsp3) is 0.500. The fourth-order valence-corrected chi connectivity index (χ4v) is 2.18. The maximum atomic E-state index is 5.49. The van der Waals surface area contributed by atoms with Gasteiger partial charge in [-0.15, -0.1) is 0 Å². The second-order valence-corrected chi connectivity index (χ2v) is 4.96. The first-order valence-electron chi connectivity index (χ1n) is 5.20. The molecule has 1 aliphatic rings. The van der Waals surface area contributed by atoms with Gasteiger partial charge in [0.2, 0.25) is 0 Å². The zero-order valence-electron chi connectivity index (χ0n) is 9.00. The highest BCUT2D eigenvalue weighted by Gasteiger charge is 2.19. The van der Waals surface area contributed by atoms with Crippen LogP contribution in [0.5, 0.6) is 0 Å². The van der Waals surface area contributed by atoms with Crippen LogP contribution in [0.1, 0.15) is 37.2 Å². The van der Waals surface area contributed by atoms with Gasteiger partial charge in [0, 0.05) is 10.0 Å². The Bertz CT molecular complexity index is 343. The third kappa shape index (κ3) is 2.60. The number of hydrogen-bond acceptors (Lipinski definition) is 2. The Labute approximate surface area is 98.7 Å². The molecule has 1 fully saturated rings. The van der Waals surface area contributed by atoms with E-state index >= 15 is 0 Å². The lowest BCUT2D eigenvalue weighted by Crippen LogP contribution is -2.00. The van der Waals surface area contributed by atoms with E-state index in [2.05, 4.69) is 48.0 Å². The first-order chi connectivity index (χ1) is 7.16. The van der Waals surface area contributed by atoms with E-state index in [-0.39, 0.29) is 6.29 Å². The largest absolute Gasteiger partial charge is 0.346 e. The Morgan fingerprint density at radius 1 is 1.20 bits per heavy atom. The molecule has 1 aromatic rings. The Hall–Kier alpha value is -0.380. The lowest BCUT2D eigenvalue weighted by Gasteiger charge is -2.13. The molecule has 2 nitrogen and oxygen atoms in total. The molecule has 15 heavy (non-hydrogen) atoms. The highest BCUT2D eigenvalue weighted by Crippen LogP contribution is 2.29. The Morgan fingerprint density at radius 2 is 1.87 bits per heavy atom. The molecule has 82 valence electrons. The molecule has 0 spiro atoms. The van der Waals surface area contributed by atoms with Gasteiger partial charge in [-0.25, -0.2) is 0 Å². The van der Waals surface area contributed by atoms with E-state index in [4.69, 9.17) is 9.47 Å². The number of hydrogen-bond donors (Lipinski definition) is 0. The molecule has 0 unspecified atom stereocenters. The zero-order chi connectivity index (χ0) is 10.8. The van der Waals surface area contributed by atoms with E-state index in [1.165, 1.54) is 5.56 Å². The molecule has 0 N–H and O–H groups in total. The average Bonchev–Trinajstić information content (AvgIpc) is 2.69. The van der Waals surface area contributed by atoms with E-state index in [1.807, 2.05) is 0 Å². The second-order valence-electron chi connectivity index (χ2n) is 4.05. The normalized spacial score (nSPS) is 17.6. The quantitative estimate of drug-likeness (QED) is 0.818. The minimum atomic E-state index is -0.181. The standard InChI is InChI=1S/C12H15BrO2/c1-8(2)9-5-10(7-11(13)6-9)12-14-3-4-15-12/h5-8,12H,3-4H2,1-2H3. The monoisotopic (exact) mass is 270 g/mol. The predicted molar refractivity (Wildman–Crippen MR) is 62.9 cm³/mol. The molecule has 1 saturated heterocycles. The van der Waals surface area contributed by atoms with Crippen molar-refractivity contribution in [2.24, 2.45) is 0 Å². The summed E-state index contributed by atoms with van der Waals surface area (Å²) >= 11 is 3.52. The number of benzene rings is 1. The summed E-state index contributed by atoms with van der Waals surface area (Å²) < 4.78 is 12.1. The summed E-state index contributed by atoms with van der Waals surface area (Å²) in [6.07, 6.45) is -0.181. The van der Waals surface area contributed by atoms with Crippen LogP contribution in [0.15, 0.2) is 22.7 Å². The second kappa shape index (κ2) is 4.64. The number of halogens is 1. The SMILES string of the molecule is CC(C)c1cc(Br)cc(C2OCCO2)c1. The van der Waals surface area contributed by atoms with Crippen molar-refractivity contribution in [2.75, 3.05) is 13.2 Å². The number of rotatable bonds is 2. The lowest BCUT2D eigenvalue weighted by molar-refractivity contribution is -0.0442. The molecule has 3 heteroatoms. The van der Waals surface area contributed by atoms with Crippen LogP contribution in [0.3, 0.4) is 0 Å².